The van der Waals surface area contributed by atoms with Crippen LogP contribution in [-0.2, 0) is 63.3 Å². The molecular weight excluding hydrogens is 809 g/mol. The Labute approximate surface area is 388 Å². The van der Waals surface area contributed by atoms with Gasteiger partial charge >= 0.3 is 0 Å². The lowest BCUT2D eigenvalue weighted by molar-refractivity contribution is -0.210. The van der Waals surface area contributed by atoms with Crippen LogP contribution in [0.1, 0.15) is 105 Å². The van der Waals surface area contributed by atoms with Gasteiger partial charge in [-0.25, -0.2) is 0 Å². The summed E-state index contributed by atoms with van der Waals surface area (Å²) < 4.78 is 35.8. The molecule has 4 bridgehead atoms. The second-order valence-corrected chi connectivity index (χ2v) is 19.9. The number of hydrogen-bond donors (Lipinski definition) is 0. The molecule has 5 fully saturated rings. The van der Waals surface area contributed by atoms with E-state index in [1.165, 1.54) is 69.8 Å². The lowest BCUT2D eigenvalue weighted by atomic mass is 9.50. The molecule has 2 heterocycles. The molecule has 65 heavy (non-hydrogen) atoms. The van der Waals surface area contributed by atoms with Gasteiger partial charge in [-0.2, -0.15) is 0 Å². The minimum Gasteiger partial charge on any atom is -0.375 e. The van der Waals surface area contributed by atoms with Gasteiger partial charge < -0.3 is 23.7 Å². The second kappa shape index (κ2) is 23.5. The first kappa shape index (κ1) is 45.9. The Bertz CT molecular complexity index is 2070. The Hall–Kier alpha value is -4.22. The third-order valence-corrected chi connectivity index (χ3v) is 14.7. The number of benzene rings is 4. The number of nitrogens with zero attached hydrogens (tertiary/aromatic N) is 4. The van der Waals surface area contributed by atoms with Gasteiger partial charge in [-0.3, -0.25) is 9.58 Å². The number of rotatable bonds is 26. The molecule has 0 N–H and O–H groups in total. The van der Waals surface area contributed by atoms with Crippen LogP contribution in [0.5, 0.6) is 0 Å². The maximum absolute atomic E-state index is 7.03. The number of likely N-dealkylation sites (tertiary alicyclic amines) is 1. The molecule has 10 rings (SSSR count). The molecule has 0 spiro atoms. The van der Waals surface area contributed by atoms with Gasteiger partial charge in [0.15, 0.2) is 0 Å². The first-order chi connectivity index (χ1) is 32.1. The molecule has 9 nitrogen and oxygen atoms in total. The Morgan fingerprint density at radius 2 is 1.00 bits per heavy atom. The van der Waals surface area contributed by atoms with E-state index in [0.717, 1.165) is 79.2 Å². The van der Waals surface area contributed by atoms with Crippen molar-refractivity contribution in [2.45, 2.75) is 141 Å². The van der Waals surface area contributed by atoms with Crippen LogP contribution < -0.4 is 0 Å². The van der Waals surface area contributed by atoms with Crippen LogP contribution in [0, 0.1) is 23.2 Å². The SMILES string of the molecule is c1ccc(COC[C@@H]2[C@@H](OCc3ccccc3)[C@H](OCc3ccccc3)[C@@H](OCc3ccccc3)CN2CCCCCCCCn2cc(COCC34CC5CC(CC(C5)C3)C4)nn2)cc1. The van der Waals surface area contributed by atoms with Crippen molar-refractivity contribution >= 4 is 0 Å². The standard InChI is InChI=1S/C56H72N4O5/c1(2-4-18-28-60-35-51(57-58-60)41-62-43-56-32-48-29-49(33-56)31-50(30-48)34-56)3-17-27-59-36-53(63-38-45-21-11-6-12-22-45)55(65-40-47-25-15-8-16-26-47)54(64-39-46-23-13-7-14-24-46)52(59)42-61-37-44-19-9-5-10-20-44/h5-16,19-26,35,48-50,52-55H,1-4,17-18,27-34,36-43H2/t48?,49?,50?,52-,53+,54-,55-,56?/m1/s1. The fraction of sp³-hybridized carbons (Fsp3) is 0.536. The van der Waals surface area contributed by atoms with Crippen LogP contribution >= 0.6 is 0 Å². The summed E-state index contributed by atoms with van der Waals surface area (Å²) in [6, 6.07) is 41.8. The highest BCUT2D eigenvalue weighted by atomic mass is 16.6. The normalized spacial score (nSPS) is 26.2. The maximum atomic E-state index is 7.03. The summed E-state index contributed by atoms with van der Waals surface area (Å²) in [6.45, 7) is 6.62. The van der Waals surface area contributed by atoms with E-state index in [4.69, 9.17) is 23.7 Å². The summed E-state index contributed by atoms with van der Waals surface area (Å²) in [4.78, 5) is 2.58. The summed E-state index contributed by atoms with van der Waals surface area (Å²) >= 11 is 0. The molecule has 0 radical (unpaired) electrons. The van der Waals surface area contributed by atoms with Gasteiger partial charge in [0.05, 0.1) is 64.6 Å². The number of aryl methyl sites for hydroxylation is 1. The van der Waals surface area contributed by atoms with Gasteiger partial charge in [-0.15, -0.1) is 5.10 Å². The molecule has 5 aliphatic rings. The van der Waals surface area contributed by atoms with E-state index < -0.39 is 0 Å². The number of piperidine rings is 1. The largest absolute Gasteiger partial charge is 0.375 e. The van der Waals surface area contributed by atoms with Crippen molar-refractivity contribution in [3.63, 3.8) is 0 Å². The van der Waals surface area contributed by atoms with Crippen molar-refractivity contribution < 1.29 is 23.7 Å². The highest BCUT2D eigenvalue weighted by Crippen LogP contribution is 2.60. The fourth-order valence-electron chi connectivity index (χ4n) is 12.0. The van der Waals surface area contributed by atoms with E-state index >= 15 is 0 Å². The highest BCUT2D eigenvalue weighted by Gasteiger charge is 2.51. The first-order valence-electron chi connectivity index (χ1n) is 24.9. The molecule has 4 aromatic carbocycles. The van der Waals surface area contributed by atoms with Crippen LogP contribution in [-0.4, -0.2) is 70.6 Å². The van der Waals surface area contributed by atoms with Gasteiger partial charge in [-0.1, -0.05) is 152 Å². The van der Waals surface area contributed by atoms with Crippen molar-refractivity contribution in [3.05, 3.63) is 155 Å². The highest BCUT2D eigenvalue weighted by molar-refractivity contribution is 5.17. The predicted molar refractivity (Wildman–Crippen MR) is 255 cm³/mol. The number of unbranched alkanes of at least 4 members (excludes halogenated alkanes) is 5. The minimum absolute atomic E-state index is 0.0187. The van der Waals surface area contributed by atoms with E-state index in [1.807, 2.05) is 10.7 Å². The van der Waals surface area contributed by atoms with Gasteiger partial charge in [0.25, 0.3) is 0 Å². The Morgan fingerprint density at radius 3 is 1.57 bits per heavy atom. The van der Waals surface area contributed by atoms with E-state index in [1.54, 1.807) is 0 Å². The van der Waals surface area contributed by atoms with Crippen LogP contribution in [0.3, 0.4) is 0 Å². The zero-order valence-corrected chi connectivity index (χ0v) is 38.6. The topological polar surface area (TPSA) is 80.1 Å². The summed E-state index contributed by atoms with van der Waals surface area (Å²) in [5, 5.41) is 8.92. The summed E-state index contributed by atoms with van der Waals surface area (Å²) in [5.41, 5.74) is 5.99. The van der Waals surface area contributed by atoms with E-state index in [9.17, 15) is 0 Å². The number of aromatic nitrogens is 3. The molecule has 4 aliphatic carbocycles. The monoisotopic (exact) mass is 881 g/mol. The quantitative estimate of drug-likeness (QED) is 0.0508. The van der Waals surface area contributed by atoms with E-state index in [-0.39, 0.29) is 24.4 Å². The van der Waals surface area contributed by atoms with Gasteiger partial charge in [0.2, 0.25) is 0 Å². The first-order valence-corrected chi connectivity index (χ1v) is 24.9. The average molecular weight is 881 g/mol. The third kappa shape index (κ3) is 13.2. The summed E-state index contributed by atoms with van der Waals surface area (Å²) in [7, 11) is 0. The summed E-state index contributed by atoms with van der Waals surface area (Å²) in [6.07, 6.45) is 16.9. The van der Waals surface area contributed by atoms with Crippen LogP contribution in [0.4, 0.5) is 0 Å². The molecule has 4 atom stereocenters. The van der Waals surface area contributed by atoms with Crippen molar-refractivity contribution in [2.24, 2.45) is 23.2 Å². The Morgan fingerprint density at radius 1 is 0.508 bits per heavy atom. The molecule has 5 aromatic rings. The fourth-order valence-corrected chi connectivity index (χ4v) is 12.0. The zero-order valence-electron chi connectivity index (χ0n) is 38.6. The average Bonchev–Trinajstić information content (AvgIpc) is 3.79. The zero-order chi connectivity index (χ0) is 43.9. The lowest BCUT2D eigenvalue weighted by Gasteiger charge is -2.56. The molecular formula is C56H72N4O5. The number of hydrogen-bond acceptors (Lipinski definition) is 8. The molecule has 1 aliphatic heterocycles. The summed E-state index contributed by atoms with van der Waals surface area (Å²) in [5.74, 6) is 2.87. The molecule has 346 valence electrons. The maximum Gasteiger partial charge on any atom is 0.113 e. The van der Waals surface area contributed by atoms with Crippen LogP contribution in [0.15, 0.2) is 128 Å². The van der Waals surface area contributed by atoms with Crippen molar-refractivity contribution in [3.8, 4) is 0 Å². The van der Waals surface area contributed by atoms with Crippen molar-refractivity contribution in [1.29, 1.82) is 0 Å². The predicted octanol–water partition coefficient (Wildman–Crippen LogP) is 11.0. The van der Waals surface area contributed by atoms with Gasteiger partial charge in [0.1, 0.15) is 17.9 Å². The van der Waals surface area contributed by atoms with Crippen LogP contribution in [0.25, 0.3) is 0 Å². The molecule has 1 aromatic heterocycles. The second-order valence-electron chi connectivity index (χ2n) is 19.9. The van der Waals surface area contributed by atoms with Crippen molar-refractivity contribution in [1.82, 2.24) is 19.9 Å². The van der Waals surface area contributed by atoms with Crippen molar-refractivity contribution in [2.75, 3.05) is 26.3 Å². The Balaban J connectivity index is 0.793. The third-order valence-electron chi connectivity index (χ3n) is 14.7. The minimum atomic E-state index is -0.302. The van der Waals surface area contributed by atoms with Crippen LogP contribution in [0.2, 0.25) is 0 Å². The molecule has 9 heteroatoms. The van der Waals surface area contributed by atoms with Gasteiger partial charge in [-0.05, 0) is 103 Å². The van der Waals surface area contributed by atoms with E-state index in [0.29, 0.717) is 45.1 Å². The molecule has 0 unspecified atom stereocenters. The number of ether oxygens (including phenoxy) is 5. The lowest BCUT2D eigenvalue weighted by Crippen LogP contribution is -2.64. The molecule has 0 amide bonds. The van der Waals surface area contributed by atoms with E-state index in [2.05, 4.69) is 137 Å². The smallest absolute Gasteiger partial charge is 0.113 e. The molecule has 1 saturated heterocycles. The van der Waals surface area contributed by atoms with Gasteiger partial charge in [0, 0.05) is 13.1 Å². The molecule has 4 saturated carbocycles. The Kier molecular flexibility index (Phi) is 16.6.